The molecule has 9 heteroatoms. The second kappa shape index (κ2) is 8.28. The molecule has 0 spiro atoms. The van der Waals surface area contributed by atoms with Crippen molar-refractivity contribution >= 4 is 22.0 Å². The van der Waals surface area contributed by atoms with Crippen LogP contribution in [-0.4, -0.2) is 56.1 Å². The Hall–Kier alpha value is -1.45. The van der Waals surface area contributed by atoms with Crippen molar-refractivity contribution in [1.29, 1.82) is 0 Å². The highest BCUT2D eigenvalue weighted by molar-refractivity contribution is 7.88. The summed E-state index contributed by atoms with van der Waals surface area (Å²) in [5, 5.41) is 12.5. The molecule has 0 bridgehead atoms. The number of nitrogens with one attached hydrogen (secondary N) is 1. The maximum atomic E-state index is 12.5. The Balaban J connectivity index is 1.45. The summed E-state index contributed by atoms with van der Waals surface area (Å²) >= 11 is 0. The number of hydrogen-bond donors (Lipinski definition) is 2. The van der Waals surface area contributed by atoms with Gasteiger partial charge in [-0.15, -0.1) is 0 Å². The van der Waals surface area contributed by atoms with Crippen molar-refractivity contribution in [2.75, 3.05) is 12.9 Å². The van der Waals surface area contributed by atoms with Crippen LogP contribution in [-0.2, 0) is 29.1 Å². The molecule has 0 aromatic carbocycles. The molecule has 8 nitrogen and oxygen atoms in total. The Morgan fingerprint density at radius 1 is 1.17 bits per heavy atom. The third-order valence-corrected chi connectivity index (χ3v) is 11.4. The predicted octanol–water partition coefficient (Wildman–Crippen LogP) is 2.70. The van der Waals surface area contributed by atoms with E-state index in [-0.39, 0.29) is 41.8 Å². The van der Waals surface area contributed by atoms with Gasteiger partial charge in [-0.1, -0.05) is 13.8 Å². The molecule has 1 heterocycles. The molecule has 0 radical (unpaired) electrons. The first kappa shape index (κ1) is 25.2. The van der Waals surface area contributed by atoms with E-state index < -0.39 is 27.1 Å². The Labute approximate surface area is 208 Å². The molecule has 35 heavy (non-hydrogen) atoms. The number of carbonyl (C=O) groups excluding carboxylic acids is 2. The molecular weight excluding hydrogens is 470 g/mol. The predicted molar refractivity (Wildman–Crippen MR) is 128 cm³/mol. The van der Waals surface area contributed by atoms with E-state index in [2.05, 4.69) is 18.6 Å². The fourth-order valence-electron chi connectivity index (χ4n) is 9.19. The van der Waals surface area contributed by atoms with Crippen molar-refractivity contribution in [3.63, 3.8) is 0 Å². The number of cyclic esters (lactones) is 1. The van der Waals surface area contributed by atoms with Gasteiger partial charge in [0.05, 0.1) is 11.9 Å². The summed E-state index contributed by atoms with van der Waals surface area (Å²) in [6.45, 7) is 6.05. The molecule has 0 amide bonds. The first-order valence-corrected chi connectivity index (χ1v) is 14.9. The summed E-state index contributed by atoms with van der Waals surface area (Å²) in [4.78, 5) is 23.9. The summed E-state index contributed by atoms with van der Waals surface area (Å²) in [7, 11) is -3.24. The Kier molecular flexibility index (Phi) is 5.96. The minimum Gasteiger partial charge on any atom is -0.462 e. The SMILES string of the molecule is CC(=O)O[C@@H]1C[C@@]2(O)[C@@H]3CC[C@@H]4C[C@H](NS(C)(=O)=O)CC[C@@]4(C)[C@@H]3CC[C@]2(C)[C@H]1C1=CC(=O)OC1. The van der Waals surface area contributed by atoms with Crippen LogP contribution in [0.1, 0.15) is 72.1 Å². The smallest absolute Gasteiger partial charge is 0.331 e. The van der Waals surface area contributed by atoms with Gasteiger partial charge in [-0.2, -0.15) is 0 Å². The van der Waals surface area contributed by atoms with Gasteiger partial charge in [-0.25, -0.2) is 17.9 Å². The van der Waals surface area contributed by atoms with Gasteiger partial charge in [0.15, 0.2) is 0 Å². The van der Waals surface area contributed by atoms with Gasteiger partial charge in [-0.3, -0.25) is 4.79 Å². The number of rotatable bonds is 4. The van der Waals surface area contributed by atoms with E-state index in [0.717, 1.165) is 50.5 Å². The van der Waals surface area contributed by atoms with E-state index in [1.807, 2.05) is 0 Å². The summed E-state index contributed by atoms with van der Waals surface area (Å²) in [5.74, 6) is -0.185. The van der Waals surface area contributed by atoms with Gasteiger partial charge in [0.25, 0.3) is 0 Å². The lowest BCUT2D eigenvalue weighted by Crippen LogP contribution is -2.62. The number of esters is 2. The molecule has 0 aromatic rings. The van der Waals surface area contributed by atoms with Crippen LogP contribution < -0.4 is 4.72 Å². The zero-order valence-electron chi connectivity index (χ0n) is 21.2. The highest BCUT2D eigenvalue weighted by Crippen LogP contribution is 2.70. The number of fused-ring (bicyclic) bond motifs is 5. The standard InChI is InChI=1S/C26H39NO7S/c1-15(28)34-21-13-26(30)20-6-5-17-12-18(27-35(4,31)32)7-9-24(17,2)19(20)8-10-25(26,3)23(21)16-11-22(29)33-14-16/h11,17-21,23,27,30H,5-10,12-14H2,1-4H3/t17-,18-,19-,20-,21-,23+,24-,25-,26-/m1/s1. The quantitative estimate of drug-likeness (QED) is 0.559. The van der Waals surface area contributed by atoms with Crippen LogP contribution in [0.5, 0.6) is 0 Å². The van der Waals surface area contributed by atoms with Crippen LogP contribution in [0.25, 0.3) is 0 Å². The van der Waals surface area contributed by atoms with Gasteiger partial charge in [0.1, 0.15) is 12.7 Å². The summed E-state index contributed by atoms with van der Waals surface area (Å²) < 4.78 is 37.5. The van der Waals surface area contributed by atoms with E-state index in [4.69, 9.17) is 9.47 Å². The lowest BCUT2D eigenvalue weighted by Gasteiger charge is -2.63. The van der Waals surface area contributed by atoms with Gasteiger partial charge in [0.2, 0.25) is 10.0 Å². The van der Waals surface area contributed by atoms with Crippen LogP contribution in [0.3, 0.4) is 0 Å². The highest BCUT2D eigenvalue weighted by atomic mass is 32.2. The average Bonchev–Trinajstić information content (AvgIpc) is 3.24. The third-order valence-electron chi connectivity index (χ3n) is 10.6. The van der Waals surface area contributed by atoms with Gasteiger partial charge in [-0.05, 0) is 73.7 Å². The minimum atomic E-state index is -3.24. The number of carbonyl (C=O) groups is 2. The largest absolute Gasteiger partial charge is 0.462 e. The van der Waals surface area contributed by atoms with Crippen molar-refractivity contribution in [2.45, 2.75) is 89.9 Å². The Morgan fingerprint density at radius 2 is 1.91 bits per heavy atom. The van der Waals surface area contributed by atoms with E-state index in [9.17, 15) is 23.1 Å². The first-order valence-electron chi connectivity index (χ1n) is 13.0. The van der Waals surface area contributed by atoms with Crippen molar-refractivity contribution in [3.8, 4) is 0 Å². The maximum absolute atomic E-state index is 12.5. The van der Waals surface area contributed by atoms with Crippen LogP contribution >= 0.6 is 0 Å². The number of ether oxygens (including phenoxy) is 2. The molecule has 4 aliphatic carbocycles. The molecule has 196 valence electrons. The molecule has 2 N–H and O–H groups in total. The van der Waals surface area contributed by atoms with Crippen molar-refractivity contribution < 1.29 is 32.6 Å². The van der Waals surface area contributed by atoms with Crippen molar-refractivity contribution in [2.24, 2.45) is 34.5 Å². The van der Waals surface area contributed by atoms with Crippen molar-refractivity contribution in [3.05, 3.63) is 11.6 Å². The van der Waals surface area contributed by atoms with Gasteiger partial charge >= 0.3 is 11.9 Å². The lowest BCUT2D eigenvalue weighted by atomic mass is 9.43. The van der Waals surface area contributed by atoms with Crippen molar-refractivity contribution in [1.82, 2.24) is 4.72 Å². The number of sulfonamides is 1. The molecular formula is C26H39NO7S. The lowest BCUT2D eigenvalue weighted by molar-refractivity contribution is -0.204. The Morgan fingerprint density at radius 3 is 2.54 bits per heavy atom. The molecule has 0 saturated heterocycles. The molecule has 0 unspecified atom stereocenters. The number of hydrogen-bond acceptors (Lipinski definition) is 7. The average molecular weight is 510 g/mol. The van der Waals surface area contributed by atoms with E-state index >= 15 is 0 Å². The normalized spacial score (nSPS) is 47.2. The summed E-state index contributed by atoms with van der Waals surface area (Å²) in [5.41, 5.74) is -0.670. The minimum absolute atomic E-state index is 0.0207. The maximum Gasteiger partial charge on any atom is 0.331 e. The van der Waals surface area contributed by atoms with Crippen LogP contribution in [0, 0.1) is 34.5 Å². The van der Waals surface area contributed by atoms with Crippen LogP contribution in [0.2, 0.25) is 0 Å². The molecule has 5 aliphatic rings. The molecule has 5 rings (SSSR count). The van der Waals surface area contributed by atoms with Gasteiger partial charge < -0.3 is 14.6 Å². The fourth-order valence-corrected chi connectivity index (χ4v) is 10.0. The Bertz CT molecular complexity index is 1060. The van der Waals surface area contributed by atoms with Crippen LogP contribution in [0.4, 0.5) is 0 Å². The van der Waals surface area contributed by atoms with Gasteiger partial charge in [0, 0.05) is 36.8 Å². The molecule has 9 atom stereocenters. The van der Waals surface area contributed by atoms with E-state index in [1.165, 1.54) is 19.3 Å². The molecule has 0 aromatic heterocycles. The summed E-state index contributed by atoms with van der Waals surface area (Å²) in [6, 6.07) is -0.0207. The highest BCUT2D eigenvalue weighted by Gasteiger charge is 2.71. The fraction of sp³-hybridized carbons (Fsp3) is 0.846. The zero-order valence-corrected chi connectivity index (χ0v) is 22.0. The van der Waals surface area contributed by atoms with E-state index in [1.54, 1.807) is 0 Å². The number of aliphatic hydroxyl groups is 1. The molecule has 4 fully saturated rings. The molecule has 1 aliphatic heterocycles. The monoisotopic (exact) mass is 509 g/mol. The second-order valence-electron chi connectivity index (χ2n) is 12.4. The second-order valence-corrected chi connectivity index (χ2v) is 14.2. The third kappa shape index (κ3) is 3.96. The zero-order chi connectivity index (χ0) is 25.4. The summed E-state index contributed by atoms with van der Waals surface area (Å²) in [6.07, 6.45) is 8.80. The topological polar surface area (TPSA) is 119 Å². The molecule has 4 saturated carbocycles. The van der Waals surface area contributed by atoms with E-state index in [0.29, 0.717) is 18.3 Å². The van der Waals surface area contributed by atoms with Crippen LogP contribution in [0.15, 0.2) is 11.6 Å². The first-order chi connectivity index (χ1) is 16.3.